The van der Waals surface area contributed by atoms with E-state index in [1.165, 1.54) is 55.0 Å². The van der Waals surface area contributed by atoms with E-state index < -0.39 is 0 Å². The van der Waals surface area contributed by atoms with Crippen molar-refractivity contribution in [2.45, 2.75) is 72.8 Å². The van der Waals surface area contributed by atoms with Crippen molar-refractivity contribution in [3.8, 4) is 0 Å². The molecule has 0 bridgehead atoms. The molecule has 4 heteroatoms. The first-order valence-electron chi connectivity index (χ1n) is 9.52. The molecule has 2 aromatic heterocycles. The molecule has 0 spiro atoms. The molecule has 2 nitrogen and oxygen atoms in total. The maximum Gasteiger partial charge on any atom is 0.171 e. The lowest BCUT2D eigenvalue weighted by molar-refractivity contribution is -0.697. The third kappa shape index (κ3) is 18.1. The predicted octanol–water partition coefficient (Wildman–Crippen LogP) is 3.44. The van der Waals surface area contributed by atoms with E-state index in [0.717, 1.165) is 6.54 Å². The van der Waals surface area contributed by atoms with Crippen molar-refractivity contribution >= 4 is 15.9 Å². The smallest absolute Gasteiger partial charge is 0.171 e. The Morgan fingerprint density at radius 2 is 1.58 bits per heavy atom. The summed E-state index contributed by atoms with van der Waals surface area (Å²) < 4.78 is 2.27. The average Bonchev–Trinajstić information content (AvgIpc) is 2.62. The second-order valence-electron chi connectivity index (χ2n) is 6.25. The van der Waals surface area contributed by atoms with Gasteiger partial charge >= 0.3 is 0 Å². The molecular formula is C22H36Br2N2. The van der Waals surface area contributed by atoms with Gasteiger partial charge in [0.15, 0.2) is 12.4 Å². The van der Waals surface area contributed by atoms with Crippen LogP contribution in [-0.4, -0.2) is 10.3 Å². The number of aromatic nitrogens is 2. The zero-order chi connectivity index (χ0) is 18.8. The first-order chi connectivity index (χ1) is 12.1. The number of alkyl halides is 1. The van der Waals surface area contributed by atoms with E-state index in [-0.39, 0.29) is 17.0 Å². The number of nitrogens with zero attached hydrogens (tertiary/aromatic N) is 2. The molecule has 0 aliphatic rings. The number of halogens is 2. The van der Waals surface area contributed by atoms with E-state index in [9.17, 15) is 0 Å². The molecule has 2 rings (SSSR count). The molecule has 0 saturated heterocycles. The number of hydrogen-bond donors (Lipinski definition) is 0. The van der Waals surface area contributed by atoms with Gasteiger partial charge in [0, 0.05) is 35.8 Å². The van der Waals surface area contributed by atoms with Crippen LogP contribution in [0.15, 0.2) is 49.1 Å². The van der Waals surface area contributed by atoms with Crippen LogP contribution in [0.3, 0.4) is 0 Å². The molecule has 26 heavy (non-hydrogen) atoms. The molecule has 0 amide bonds. The summed E-state index contributed by atoms with van der Waals surface area (Å²) in [6.45, 7) is 9.77. The van der Waals surface area contributed by atoms with Crippen molar-refractivity contribution in [2.24, 2.45) is 0 Å². The topological polar surface area (TPSA) is 16.8 Å². The van der Waals surface area contributed by atoms with Gasteiger partial charge in [-0.2, -0.15) is 0 Å². The van der Waals surface area contributed by atoms with E-state index in [1.54, 1.807) is 6.20 Å². The summed E-state index contributed by atoms with van der Waals surface area (Å²) in [7, 11) is 0. The van der Waals surface area contributed by atoms with E-state index in [4.69, 9.17) is 0 Å². The average molecular weight is 488 g/mol. The van der Waals surface area contributed by atoms with Gasteiger partial charge in [0.2, 0.25) is 0 Å². The van der Waals surface area contributed by atoms with Crippen molar-refractivity contribution in [3.05, 3.63) is 60.2 Å². The predicted molar refractivity (Wildman–Crippen MR) is 113 cm³/mol. The third-order valence-electron chi connectivity index (χ3n) is 3.57. The minimum absolute atomic E-state index is 0. The molecule has 0 N–H and O–H groups in total. The van der Waals surface area contributed by atoms with Gasteiger partial charge < -0.3 is 17.0 Å². The highest BCUT2D eigenvalue weighted by atomic mass is 79.9. The Hall–Kier alpha value is -0.740. The van der Waals surface area contributed by atoms with Crippen LogP contribution in [0.5, 0.6) is 0 Å². The molecule has 0 aliphatic carbocycles. The third-order valence-corrected chi connectivity index (χ3v) is 4.13. The molecule has 0 atom stereocenters. The molecule has 2 heterocycles. The first kappa shape index (κ1) is 27.5. The molecule has 0 saturated carbocycles. The lowest BCUT2D eigenvalue weighted by Crippen LogP contribution is -3.00. The minimum Gasteiger partial charge on any atom is -1.00 e. The fourth-order valence-electron chi connectivity index (χ4n) is 2.13. The summed E-state index contributed by atoms with van der Waals surface area (Å²) in [5, 5.41) is 1.17. The first-order valence-corrected chi connectivity index (χ1v) is 10.6. The van der Waals surface area contributed by atoms with Crippen LogP contribution >= 0.6 is 15.9 Å². The summed E-state index contributed by atoms with van der Waals surface area (Å²) in [5.41, 5.74) is 2.55. The van der Waals surface area contributed by atoms with Crippen LogP contribution in [0.25, 0.3) is 0 Å². The second kappa shape index (κ2) is 20.6. The number of pyridine rings is 2. The monoisotopic (exact) mass is 486 g/mol. The Balaban J connectivity index is 0. The van der Waals surface area contributed by atoms with Gasteiger partial charge in [-0.05, 0) is 44.4 Å². The highest BCUT2D eigenvalue weighted by molar-refractivity contribution is 9.09. The Bertz CT molecular complexity index is 515. The van der Waals surface area contributed by atoms with Crippen LogP contribution in [0.2, 0.25) is 0 Å². The number of aryl methyl sites for hydroxylation is 3. The van der Waals surface area contributed by atoms with Crippen LogP contribution in [0, 0.1) is 13.8 Å². The maximum atomic E-state index is 3.88. The molecule has 0 radical (unpaired) electrons. The largest absolute Gasteiger partial charge is 1.00 e. The zero-order valence-electron chi connectivity index (χ0n) is 16.9. The van der Waals surface area contributed by atoms with E-state index in [2.05, 4.69) is 70.8 Å². The summed E-state index contributed by atoms with van der Waals surface area (Å²) in [6, 6.07) is 8.19. The molecule has 2 aromatic rings. The van der Waals surface area contributed by atoms with Gasteiger partial charge in [-0.1, -0.05) is 55.1 Å². The second-order valence-corrected chi connectivity index (χ2v) is 7.05. The van der Waals surface area contributed by atoms with Gasteiger partial charge in [0.25, 0.3) is 0 Å². The molecule has 0 fully saturated rings. The Labute approximate surface area is 180 Å². The molecule has 0 aliphatic heterocycles. The van der Waals surface area contributed by atoms with Crippen LogP contribution in [-0.2, 0) is 6.54 Å². The van der Waals surface area contributed by atoms with Crippen molar-refractivity contribution in [3.63, 3.8) is 0 Å². The summed E-state index contributed by atoms with van der Waals surface area (Å²) in [5.74, 6) is 0. The van der Waals surface area contributed by atoms with E-state index in [1.807, 2.05) is 25.3 Å². The normalized spacial score (nSPS) is 9.12. The highest BCUT2D eigenvalue weighted by Crippen LogP contribution is 1.96. The van der Waals surface area contributed by atoms with Crippen LogP contribution in [0.1, 0.15) is 63.5 Å². The van der Waals surface area contributed by atoms with E-state index in [0.29, 0.717) is 0 Å². The van der Waals surface area contributed by atoms with Crippen molar-refractivity contribution in [2.75, 3.05) is 5.33 Å². The van der Waals surface area contributed by atoms with Crippen molar-refractivity contribution < 1.29 is 21.5 Å². The molecule has 148 valence electrons. The summed E-state index contributed by atoms with van der Waals surface area (Å²) in [4.78, 5) is 3.88. The van der Waals surface area contributed by atoms with Gasteiger partial charge in [-0.25, -0.2) is 4.57 Å². The van der Waals surface area contributed by atoms with Gasteiger partial charge in [0.1, 0.15) is 6.54 Å². The molecule has 0 aromatic carbocycles. The number of hydrogen-bond acceptors (Lipinski definition) is 1. The maximum absolute atomic E-state index is 3.88. The quantitative estimate of drug-likeness (QED) is 0.332. The van der Waals surface area contributed by atoms with E-state index >= 15 is 0 Å². The van der Waals surface area contributed by atoms with Crippen LogP contribution < -0.4 is 21.5 Å². The number of rotatable bonds is 7. The summed E-state index contributed by atoms with van der Waals surface area (Å²) >= 11 is 3.35. The van der Waals surface area contributed by atoms with Gasteiger partial charge in [0.05, 0.1) is 0 Å². The SMILES string of the molecule is CCCCCBr.CCCCC[n+]1cccc(C)c1.Cc1cccnc1.[Br-]. The Kier molecular flexibility index (Phi) is 21.7. The zero-order valence-corrected chi connectivity index (χ0v) is 20.1. The lowest BCUT2D eigenvalue weighted by atomic mass is 10.2. The van der Waals surface area contributed by atoms with Gasteiger partial charge in [-0.15, -0.1) is 0 Å². The standard InChI is InChI=1S/C11H18N.C6H7N.C5H11Br.BrH/c1-3-4-5-8-12-9-6-7-11(2)10-12;1-6-3-2-4-7-5-6;1-2-3-4-5-6;/h6-7,9-10H,3-5,8H2,1-2H3;2-5H,1H3;2-5H2,1H3;1H/q+1;;;/p-1. The Morgan fingerprint density at radius 3 is 2.00 bits per heavy atom. The molecular weight excluding hydrogens is 452 g/mol. The summed E-state index contributed by atoms with van der Waals surface area (Å²) in [6.07, 6.45) is 15.9. The highest BCUT2D eigenvalue weighted by Gasteiger charge is 1.98. The number of unbranched alkanes of at least 4 members (excludes halogenated alkanes) is 4. The Morgan fingerprint density at radius 1 is 0.923 bits per heavy atom. The molecule has 0 unspecified atom stereocenters. The lowest BCUT2D eigenvalue weighted by Gasteiger charge is -1.96. The minimum atomic E-state index is 0. The van der Waals surface area contributed by atoms with Crippen LogP contribution in [0.4, 0.5) is 0 Å². The van der Waals surface area contributed by atoms with Crippen molar-refractivity contribution in [1.29, 1.82) is 0 Å². The van der Waals surface area contributed by atoms with Crippen molar-refractivity contribution in [1.82, 2.24) is 4.98 Å². The fourth-order valence-corrected chi connectivity index (χ4v) is 2.53. The van der Waals surface area contributed by atoms with Gasteiger partial charge in [-0.3, -0.25) is 4.98 Å². The fraction of sp³-hybridized carbons (Fsp3) is 0.545.